The van der Waals surface area contributed by atoms with Gasteiger partial charge in [-0.15, -0.1) is 0 Å². The highest BCUT2D eigenvalue weighted by molar-refractivity contribution is 5.96. The Hall–Kier alpha value is -5.43. The zero-order chi connectivity index (χ0) is 37.8. The third-order valence-corrected chi connectivity index (χ3v) is 9.10. The monoisotopic (exact) mass is 728 g/mol. The van der Waals surface area contributed by atoms with Crippen LogP contribution in [-0.2, 0) is 35.1 Å². The minimum Gasteiger partial charge on any atom is -0.449 e. The number of carbonyl (C=O) groups is 5. The number of piperidine rings is 1. The second kappa shape index (κ2) is 17.9. The van der Waals surface area contributed by atoms with Crippen molar-refractivity contribution in [3.63, 3.8) is 0 Å². The van der Waals surface area contributed by atoms with E-state index in [-0.39, 0.29) is 44.9 Å². The Balaban J connectivity index is 1.22. The molecule has 53 heavy (non-hydrogen) atoms. The van der Waals surface area contributed by atoms with E-state index in [2.05, 4.69) is 21.3 Å². The van der Waals surface area contributed by atoms with E-state index in [4.69, 9.17) is 18.9 Å². The van der Waals surface area contributed by atoms with Crippen LogP contribution >= 0.6 is 0 Å². The number of alkyl carbamates (subject to hydrolysis) is 3. The summed E-state index contributed by atoms with van der Waals surface area (Å²) in [5.41, 5.74) is 2.79. The smallest absolute Gasteiger partial charge is 0.408 e. The number of fused-ring (bicyclic) bond motifs is 3. The number of nitrogens with one attached hydrogen (secondary N) is 4. The van der Waals surface area contributed by atoms with Crippen molar-refractivity contribution in [1.29, 1.82) is 0 Å². The largest absolute Gasteiger partial charge is 0.449 e. The molecule has 3 aromatic rings. The maximum absolute atomic E-state index is 13.7. The molecule has 1 fully saturated rings. The lowest BCUT2D eigenvalue weighted by Crippen LogP contribution is -2.61. The SMILES string of the molecule is CC(C)(C)OC(=O)NCCCCC(NC(=O)OCC1c2ccccc2-c2ccccc21)C(=O)OC(=O)C1(NC(=O)OCc2ccccc2)CCNCC1. The van der Waals surface area contributed by atoms with Crippen LogP contribution in [0.3, 0.4) is 0 Å². The molecule has 3 amide bonds. The quantitative estimate of drug-likeness (QED) is 0.0741. The molecule has 0 aromatic heterocycles. The highest BCUT2D eigenvalue weighted by atomic mass is 16.6. The lowest BCUT2D eigenvalue weighted by Gasteiger charge is -2.35. The Kier molecular flexibility index (Phi) is 13.1. The molecule has 13 nitrogen and oxygen atoms in total. The normalized spacial score (nSPS) is 15.2. The lowest BCUT2D eigenvalue weighted by atomic mass is 9.88. The van der Waals surface area contributed by atoms with E-state index in [0.717, 1.165) is 27.8 Å². The Morgan fingerprint density at radius 1 is 0.792 bits per heavy atom. The van der Waals surface area contributed by atoms with Crippen LogP contribution in [0.1, 0.15) is 75.5 Å². The fourth-order valence-corrected chi connectivity index (χ4v) is 6.46. The van der Waals surface area contributed by atoms with Crippen molar-refractivity contribution < 1.29 is 42.9 Å². The molecule has 0 saturated carbocycles. The van der Waals surface area contributed by atoms with Gasteiger partial charge >= 0.3 is 30.2 Å². The van der Waals surface area contributed by atoms with E-state index in [1.807, 2.05) is 66.7 Å². The van der Waals surface area contributed by atoms with Gasteiger partial charge in [-0.05, 0) is 93.8 Å². The molecular weight excluding hydrogens is 680 g/mol. The molecule has 1 aliphatic heterocycles. The number of hydrogen-bond acceptors (Lipinski definition) is 10. The third kappa shape index (κ3) is 10.8. The molecule has 0 bridgehead atoms. The summed E-state index contributed by atoms with van der Waals surface area (Å²) in [4.78, 5) is 65.5. The van der Waals surface area contributed by atoms with Crippen LogP contribution in [-0.4, -0.2) is 73.6 Å². The summed E-state index contributed by atoms with van der Waals surface area (Å²) in [6.45, 7) is 6.31. The van der Waals surface area contributed by atoms with Gasteiger partial charge < -0.3 is 40.2 Å². The number of unbranched alkanes of at least 4 members (excludes halogenated alkanes) is 1. The van der Waals surface area contributed by atoms with Gasteiger partial charge in [-0.2, -0.15) is 0 Å². The molecule has 0 radical (unpaired) electrons. The van der Waals surface area contributed by atoms with E-state index >= 15 is 0 Å². The van der Waals surface area contributed by atoms with E-state index in [1.165, 1.54) is 0 Å². The van der Waals surface area contributed by atoms with Gasteiger partial charge in [0.1, 0.15) is 30.4 Å². The topological polar surface area (TPSA) is 170 Å². The molecule has 13 heteroatoms. The summed E-state index contributed by atoms with van der Waals surface area (Å²) in [7, 11) is 0. The zero-order valence-electron chi connectivity index (χ0n) is 30.4. The molecular formula is C40H48N4O9. The predicted molar refractivity (Wildman–Crippen MR) is 196 cm³/mol. The highest BCUT2D eigenvalue weighted by Crippen LogP contribution is 2.44. The molecule has 282 valence electrons. The summed E-state index contributed by atoms with van der Waals surface area (Å²) < 4.78 is 21.7. The van der Waals surface area contributed by atoms with Crippen molar-refractivity contribution in [2.75, 3.05) is 26.2 Å². The van der Waals surface area contributed by atoms with Crippen molar-refractivity contribution in [2.24, 2.45) is 0 Å². The Morgan fingerprint density at radius 3 is 2.06 bits per heavy atom. The minimum atomic E-state index is -1.53. The van der Waals surface area contributed by atoms with Gasteiger partial charge in [0.25, 0.3) is 0 Å². The molecule has 1 unspecified atom stereocenters. The molecule has 4 N–H and O–H groups in total. The van der Waals surface area contributed by atoms with Gasteiger partial charge in [0.15, 0.2) is 0 Å². The van der Waals surface area contributed by atoms with Gasteiger partial charge in [0, 0.05) is 12.5 Å². The summed E-state index contributed by atoms with van der Waals surface area (Å²) >= 11 is 0. The average Bonchev–Trinajstić information content (AvgIpc) is 3.46. The summed E-state index contributed by atoms with van der Waals surface area (Å²) in [5.74, 6) is -2.15. The van der Waals surface area contributed by atoms with Gasteiger partial charge in [-0.25, -0.2) is 24.0 Å². The van der Waals surface area contributed by atoms with Crippen LogP contribution in [0, 0.1) is 0 Å². The number of hydrogen-bond donors (Lipinski definition) is 4. The van der Waals surface area contributed by atoms with Crippen molar-refractivity contribution in [1.82, 2.24) is 21.3 Å². The molecule has 1 aliphatic carbocycles. The van der Waals surface area contributed by atoms with Gasteiger partial charge in [0.05, 0.1) is 0 Å². The van der Waals surface area contributed by atoms with Crippen LogP contribution in [0.5, 0.6) is 0 Å². The molecule has 2 aliphatic rings. The fraction of sp³-hybridized carbons (Fsp3) is 0.425. The molecule has 1 heterocycles. The van der Waals surface area contributed by atoms with Crippen LogP contribution in [0.25, 0.3) is 11.1 Å². The highest BCUT2D eigenvalue weighted by Gasteiger charge is 2.45. The van der Waals surface area contributed by atoms with Gasteiger partial charge in [-0.3, -0.25) is 0 Å². The van der Waals surface area contributed by atoms with Crippen LogP contribution in [0.2, 0.25) is 0 Å². The summed E-state index contributed by atoms with van der Waals surface area (Å²) in [5, 5.41) is 11.1. The zero-order valence-corrected chi connectivity index (χ0v) is 30.4. The first-order chi connectivity index (χ1) is 25.4. The van der Waals surface area contributed by atoms with E-state index in [9.17, 15) is 24.0 Å². The first-order valence-corrected chi connectivity index (χ1v) is 18.0. The van der Waals surface area contributed by atoms with Crippen molar-refractivity contribution in [3.05, 3.63) is 95.6 Å². The molecule has 1 saturated heterocycles. The second-order valence-electron chi connectivity index (χ2n) is 14.2. The maximum Gasteiger partial charge on any atom is 0.408 e. The number of amides is 3. The maximum atomic E-state index is 13.7. The van der Waals surface area contributed by atoms with Gasteiger partial charge in [0.2, 0.25) is 0 Å². The number of rotatable bonds is 13. The first kappa shape index (κ1) is 38.8. The number of ether oxygens (including phenoxy) is 4. The first-order valence-electron chi connectivity index (χ1n) is 18.0. The van der Waals surface area contributed by atoms with Crippen LogP contribution in [0.15, 0.2) is 78.9 Å². The predicted octanol–water partition coefficient (Wildman–Crippen LogP) is 5.71. The summed E-state index contributed by atoms with van der Waals surface area (Å²) in [6.07, 6.45) is -1.06. The molecule has 3 aromatic carbocycles. The second-order valence-corrected chi connectivity index (χ2v) is 14.2. The van der Waals surface area contributed by atoms with Gasteiger partial charge in [-0.1, -0.05) is 78.9 Å². The van der Waals surface area contributed by atoms with Crippen molar-refractivity contribution in [2.45, 2.75) is 82.6 Å². The number of esters is 2. The molecule has 0 spiro atoms. The van der Waals surface area contributed by atoms with Crippen LogP contribution in [0.4, 0.5) is 14.4 Å². The standard InChI is InChI=1S/C40H48N4O9/c1-39(2,3)53-36(47)42-22-12-11-19-33(43-37(48)51-26-32-30-17-9-7-15-28(30)29-16-8-10-18-31(29)32)34(45)52-35(46)40(20-23-41-24-21-40)44-38(49)50-25-27-13-5-4-6-14-27/h4-10,13-18,32-33,41H,11-12,19-26H2,1-3H3,(H,42,47)(H,43,48)(H,44,49). The van der Waals surface area contributed by atoms with E-state index in [0.29, 0.717) is 25.9 Å². The molecule has 1 atom stereocenters. The Morgan fingerprint density at radius 2 is 1.42 bits per heavy atom. The summed E-state index contributed by atoms with van der Waals surface area (Å²) in [6, 6.07) is 23.7. The van der Waals surface area contributed by atoms with Crippen molar-refractivity contribution >= 4 is 30.2 Å². The van der Waals surface area contributed by atoms with Crippen LogP contribution < -0.4 is 21.3 Å². The minimum absolute atomic E-state index is 0.0100. The van der Waals surface area contributed by atoms with Crippen molar-refractivity contribution in [3.8, 4) is 11.1 Å². The van der Waals surface area contributed by atoms with E-state index in [1.54, 1.807) is 32.9 Å². The average molecular weight is 729 g/mol. The Labute approximate surface area is 309 Å². The molecule has 5 rings (SSSR count). The number of benzene rings is 3. The lowest BCUT2D eigenvalue weighted by molar-refractivity contribution is -0.167. The number of carbonyl (C=O) groups excluding carboxylic acids is 5. The third-order valence-electron chi connectivity index (χ3n) is 9.10. The fourth-order valence-electron chi connectivity index (χ4n) is 6.46. The Bertz CT molecular complexity index is 1710. The van der Waals surface area contributed by atoms with E-state index < -0.39 is 47.4 Å².